The molecule has 1 aromatic carbocycles. The van der Waals surface area contributed by atoms with Gasteiger partial charge in [-0.05, 0) is 30.7 Å². The molecule has 0 bridgehead atoms. The average Bonchev–Trinajstić information content (AvgIpc) is 3.27. The lowest BCUT2D eigenvalue weighted by Crippen LogP contribution is -2.35. The fourth-order valence-electron chi connectivity index (χ4n) is 3.18. The van der Waals surface area contributed by atoms with Crippen LogP contribution in [0.2, 0.25) is 0 Å². The molecule has 1 atom stereocenters. The monoisotopic (exact) mass is 356 g/mol. The predicted octanol–water partition coefficient (Wildman–Crippen LogP) is 1.89. The summed E-state index contributed by atoms with van der Waals surface area (Å²) in [5.41, 5.74) is 1.87. The molecule has 0 aliphatic carbocycles. The molecule has 0 saturated carbocycles. The van der Waals surface area contributed by atoms with Crippen LogP contribution in [-0.4, -0.2) is 41.2 Å². The molecule has 0 spiro atoms. The Bertz CT molecular complexity index is 936. The minimum Gasteiger partial charge on any atom is -0.307 e. The fourth-order valence-corrected chi connectivity index (χ4v) is 4.70. The van der Waals surface area contributed by atoms with Gasteiger partial charge in [0.25, 0.3) is 0 Å². The minimum absolute atomic E-state index is 0.142. The number of nitrogens with one attached hydrogen (secondary N) is 1. The van der Waals surface area contributed by atoms with Crippen LogP contribution < -0.4 is 5.32 Å². The predicted molar refractivity (Wildman–Crippen MR) is 95.6 cm³/mol. The number of aromatic nitrogens is 2. The molecule has 1 aliphatic heterocycles. The van der Waals surface area contributed by atoms with Crippen LogP contribution in [0.25, 0.3) is 5.65 Å². The SMILES string of the molecule is O=S(=O)(c1ccccc1)N1CC[C@H](NCc2cn3ccccc3n2)C1. The van der Waals surface area contributed by atoms with Crippen molar-refractivity contribution in [3.63, 3.8) is 0 Å². The molecule has 0 radical (unpaired) electrons. The molecule has 0 amide bonds. The zero-order valence-corrected chi connectivity index (χ0v) is 14.6. The van der Waals surface area contributed by atoms with E-state index in [0.29, 0.717) is 24.5 Å². The van der Waals surface area contributed by atoms with Gasteiger partial charge < -0.3 is 9.72 Å². The van der Waals surface area contributed by atoms with Gasteiger partial charge in [-0.2, -0.15) is 4.31 Å². The van der Waals surface area contributed by atoms with Gasteiger partial charge in [0.1, 0.15) is 5.65 Å². The molecule has 2 aromatic heterocycles. The molecular formula is C18H20N4O2S. The van der Waals surface area contributed by atoms with E-state index in [1.165, 1.54) is 0 Å². The lowest BCUT2D eigenvalue weighted by molar-refractivity contribution is 0.456. The number of hydrogen-bond donors (Lipinski definition) is 1. The van der Waals surface area contributed by atoms with Crippen molar-refractivity contribution in [1.29, 1.82) is 0 Å². The van der Waals surface area contributed by atoms with Gasteiger partial charge in [0.15, 0.2) is 0 Å². The summed E-state index contributed by atoms with van der Waals surface area (Å²) in [6.45, 7) is 1.66. The molecule has 1 aliphatic rings. The van der Waals surface area contributed by atoms with Crippen LogP contribution in [0.5, 0.6) is 0 Å². The average molecular weight is 356 g/mol. The Balaban J connectivity index is 1.39. The third-order valence-corrected chi connectivity index (χ3v) is 6.40. The highest BCUT2D eigenvalue weighted by Gasteiger charge is 2.32. The molecule has 3 aromatic rings. The Morgan fingerprint density at radius 2 is 1.92 bits per heavy atom. The Hall–Kier alpha value is -2.22. The van der Waals surface area contributed by atoms with Crippen molar-refractivity contribution in [1.82, 2.24) is 19.0 Å². The summed E-state index contributed by atoms with van der Waals surface area (Å²) < 4.78 is 28.9. The molecule has 6 nitrogen and oxygen atoms in total. The zero-order valence-electron chi connectivity index (χ0n) is 13.7. The molecular weight excluding hydrogens is 336 g/mol. The van der Waals surface area contributed by atoms with E-state index < -0.39 is 10.0 Å². The van der Waals surface area contributed by atoms with Gasteiger partial charge in [-0.1, -0.05) is 24.3 Å². The second-order valence-corrected chi connectivity index (χ2v) is 8.18. The van der Waals surface area contributed by atoms with Crippen LogP contribution in [0.4, 0.5) is 0 Å². The Labute approximate surface area is 147 Å². The van der Waals surface area contributed by atoms with Crippen molar-refractivity contribution in [3.8, 4) is 0 Å². The van der Waals surface area contributed by atoms with Crippen molar-refractivity contribution in [3.05, 3.63) is 66.6 Å². The lowest BCUT2D eigenvalue weighted by atomic mass is 10.2. The Morgan fingerprint density at radius 1 is 1.12 bits per heavy atom. The number of imidazole rings is 1. The van der Waals surface area contributed by atoms with Gasteiger partial charge in [-0.25, -0.2) is 13.4 Å². The third kappa shape index (κ3) is 3.30. The number of hydrogen-bond acceptors (Lipinski definition) is 4. The smallest absolute Gasteiger partial charge is 0.243 e. The first-order chi connectivity index (χ1) is 12.1. The highest BCUT2D eigenvalue weighted by molar-refractivity contribution is 7.89. The van der Waals surface area contributed by atoms with Crippen molar-refractivity contribution < 1.29 is 8.42 Å². The summed E-state index contributed by atoms with van der Waals surface area (Å²) >= 11 is 0. The maximum Gasteiger partial charge on any atom is 0.243 e. The van der Waals surface area contributed by atoms with Crippen molar-refractivity contribution >= 4 is 15.7 Å². The highest BCUT2D eigenvalue weighted by Crippen LogP contribution is 2.21. The lowest BCUT2D eigenvalue weighted by Gasteiger charge is -2.17. The fraction of sp³-hybridized carbons (Fsp3) is 0.278. The van der Waals surface area contributed by atoms with Crippen LogP contribution in [0, 0.1) is 0 Å². The topological polar surface area (TPSA) is 66.7 Å². The quantitative estimate of drug-likeness (QED) is 0.758. The second-order valence-electron chi connectivity index (χ2n) is 6.24. The van der Waals surface area contributed by atoms with Crippen LogP contribution >= 0.6 is 0 Å². The van der Waals surface area contributed by atoms with Gasteiger partial charge in [0, 0.05) is 38.1 Å². The summed E-state index contributed by atoms with van der Waals surface area (Å²) in [5.74, 6) is 0. The Morgan fingerprint density at radius 3 is 2.72 bits per heavy atom. The Kier molecular flexibility index (Phi) is 4.29. The van der Waals surface area contributed by atoms with E-state index in [4.69, 9.17) is 0 Å². The maximum atomic E-state index is 12.7. The molecule has 0 unspecified atom stereocenters. The van der Waals surface area contributed by atoms with Crippen LogP contribution in [0.1, 0.15) is 12.1 Å². The number of benzene rings is 1. The molecule has 130 valence electrons. The summed E-state index contributed by atoms with van der Waals surface area (Å²) in [7, 11) is -3.40. The summed E-state index contributed by atoms with van der Waals surface area (Å²) in [5, 5.41) is 3.43. The highest BCUT2D eigenvalue weighted by atomic mass is 32.2. The van der Waals surface area contributed by atoms with Gasteiger partial charge in [0.05, 0.1) is 10.6 Å². The number of rotatable bonds is 5. The van der Waals surface area contributed by atoms with Gasteiger partial charge in [0.2, 0.25) is 10.0 Å². The molecule has 7 heteroatoms. The first kappa shape index (κ1) is 16.3. The van der Waals surface area contributed by atoms with Crippen LogP contribution in [0.15, 0.2) is 65.8 Å². The number of nitrogens with zero attached hydrogens (tertiary/aromatic N) is 3. The second kappa shape index (κ2) is 6.59. The normalized spacial score (nSPS) is 18.8. The number of sulfonamides is 1. The van der Waals surface area contributed by atoms with Crippen LogP contribution in [0.3, 0.4) is 0 Å². The van der Waals surface area contributed by atoms with E-state index in [9.17, 15) is 8.42 Å². The van der Waals surface area contributed by atoms with Gasteiger partial charge >= 0.3 is 0 Å². The van der Waals surface area contributed by atoms with Crippen LogP contribution in [-0.2, 0) is 16.6 Å². The van der Waals surface area contributed by atoms with Crippen molar-refractivity contribution in [2.45, 2.75) is 23.9 Å². The van der Waals surface area contributed by atoms with Gasteiger partial charge in [-0.15, -0.1) is 0 Å². The molecule has 1 fully saturated rings. The largest absolute Gasteiger partial charge is 0.307 e. The van der Waals surface area contributed by atoms with E-state index in [-0.39, 0.29) is 6.04 Å². The standard InChI is InChI=1S/C18H20N4O2S/c23-25(24,17-6-2-1-3-7-17)22-11-9-15(14-22)19-12-16-13-21-10-5-4-8-18(21)20-16/h1-8,10,13,15,19H,9,11-12,14H2/t15-/m0/s1. The molecule has 3 heterocycles. The minimum atomic E-state index is -3.40. The van der Waals surface area contributed by atoms with E-state index >= 15 is 0 Å². The number of fused-ring (bicyclic) bond motifs is 1. The van der Waals surface area contributed by atoms with E-state index in [1.54, 1.807) is 28.6 Å². The third-order valence-electron chi connectivity index (χ3n) is 4.52. The number of pyridine rings is 1. The zero-order chi connectivity index (χ0) is 17.3. The van der Waals surface area contributed by atoms with E-state index in [2.05, 4.69) is 10.3 Å². The van der Waals surface area contributed by atoms with E-state index in [0.717, 1.165) is 17.8 Å². The van der Waals surface area contributed by atoms with Gasteiger partial charge in [-0.3, -0.25) is 0 Å². The summed E-state index contributed by atoms with van der Waals surface area (Å²) in [4.78, 5) is 4.92. The van der Waals surface area contributed by atoms with Crippen molar-refractivity contribution in [2.24, 2.45) is 0 Å². The molecule has 1 saturated heterocycles. The molecule has 25 heavy (non-hydrogen) atoms. The molecule has 1 N–H and O–H groups in total. The van der Waals surface area contributed by atoms with E-state index in [1.807, 2.05) is 41.1 Å². The first-order valence-corrected chi connectivity index (χ1v) is 9.78. The molecule has 4 rings (SSSR count). The summed E-state index contributed by atoms with van der Waals surface area (Å²) in [6.07, 6.45) is 4.77. The van der Waals surface area contributed by atoms with Crippen molar-refractivity contribution in [2.75, 3.05) is 13.1 Å². The maximum absolute atomic E-state index is 12.7. The summed E-state index contributed by atoms with van der Waals surface area (Å²) in [6, 6.07) is 14.7. The first-order valence-electron chi connectivity index (χ1n) is 8.34.